The summed E-state index contributed by atoms with van der Waals surface area (Å²) in [6.45, 7) is -1.52. The largest absolute Gasteiger partial charge is 0.566 e. The molecule has 2 saturated heterocycles. The van der Waals surface area contributed by atoms with Crippen LogP contribution in [0.1, 0.15) is 62.1 Å². The first-order valence-corrected chi connectivity index (χ1v) is 24.4. The lowest BCUT2D eigenvalue weighted by atomic mass is 9.95. The minimum atomic E-state index is -3.85. The average Bonchev–Trinajstić information content (AvgIpc) is 3.46. The van der Waals surface area contributed by atoms with Crippen molar-refractivity contribution < 1.29 is 85.4 Å². The highest BCUT2D eigenvalue weighted by Crippen LogP contribution is 2.38. The van der Waals surface area contributed by atoms with E-state index in [1.54, 1.807) is 72.8 Å². The number of rotatable bonds is 19. The van der Waals surface area contributed by atoms with Crippen LogP contribution in [-0.2, 0) is 51.7 Å². The van der Waals surface area contributed by atoms with Crippen LogP contribution in [0, 0.1) is 0 Å². The second-order valence-electron chi connectivity index (χ2n) is 16.6. The smallest absolute Gasteiger partial charge is 0.491 e. The highest BCUT2D eigenvalue weighted by atomic mass is 31.1. The van der Waals surface area contributed by atoms with E-state index in [2.05, 4.69) is 10.0 Å². The van der Waals surface area contributed by atoms with E-state index >= 15 is 0 Å². The van der Waals surface area contributed by atoms with Gasteiger partial charge in [-0.05, 0) is 82.9 Å². The van der Waals surface area contributed by atoms with Crippen LogP contribution < -0.4 is 4.89 Å². The molecule has 1 unspecified atom stereocenters. The molecule has 0 bridgehead atoms. The standard InChI is InChI=1S/C54H44N3O18P/c55-57-56-31-39-41(69-48(59)34-21-9-2-10-22-34)43(70-49(60)35-23-11-3-12-24-35)45(72-51(62)37-27-15-5-16-28-37)53(67-39)74-42-40(32-66-47(58)33-19-7-1-8-20-33)68-54(75-76(64)65)46(73-52(63)38-29-17-6-18-30-38)44(42)71-50(61)36-25-13-4-14-26-36/h1-30,39-46,53-54H,31-32H2/t39-,40-,41+,42-,43+,44+,45-,46+,53+,54-/m1/s1. The van der Waals surface area contributed by atoms with Gasteiger partial charge in [0.15, 0.2) is 36.8 Å². The van der Waals surface area contributed by atoms with Crippen molar-refractivity contribution >= 4 is 44.1 Å². The molecule has 0 amide bonds. The predicted molar refractivity (Wildman–Crippen MR) is 260 cm³/mol. The molecule has 76 heavy (non-hydrogen) atoms. The van der Waals surface area contributed by atoms with Crippen molar-refractivity contribution in [3.8, 4) is 0 Å². The first kappa shape index (κ1) is 53.6. The minimum absolute atomic E-state index is 0.0148. The molecule has 388 valence electrons. The van der Waals surface area contributed by atoms with Gasteiger partial charge in [0.2, 0.25) is 0 Å². The molecule has 2 aliphatic rings. The molecule has 0 spiro atoms. The van der Waals surface area contributed by atoms with Gasteiger partial charge in [-0.15, -0.1) is 4.52 Å². The summed E-state index contributed by atoms with van der Waals surface area (Å²) < 4.78 is 73.3. The number of benzene rings is 6. The Morgan fingerprint density at radius 1 is 0.447 bits per heavy atom. The van der Waals surface area contributed by atoms with Crippen molar-refractivity contribution in [1.29, 1.82) is 0 Å². The number of ether oxygens (including phenoxy) is 9. The molecule has 0 radical (unpaired) electrons. The molecule has 2 aliphatic heterocycles. The third-order valence-electron chi connectivity index (χ3n) is 11.6. The van der Waals surface area contributed by atoms with Crippen molar-refractivity contribution in [2.24, 2.45) is 5.11 Å². The lowest BCUT2D eigenvalue weighted by Gasteiger charge is -2.48. The second kappa shape index (κ2) is 26.0. The van der Waals surface area contributed by atoms with E-state index in [1.165, 1.54) is 109 Å². The van der Waals surface area contributed by atoms with E-state index in [1.807, 2.05) is 0 Å². The van der Waals surface area contributed by atoms with Gasteiger partial charge in [-0.25, -0.2) is 28.8 Å². The van der Waals surface area contributed by atoms with E-state index in [4.69, 9.17) is 47.2 Å². The molecule has 11 atom stereocenters. The van der Waals surface area contributed by atoms with Crippen LogP contribution in [0.25, 0.3) is 10.4 Å². The van der Waals surface area contributed by atoms with Crippen molar-refractivity contribution in [3.05, 3.63) is 226 Å². The van der Waals surface area contributed by atoms with E-state index in [-0.39, 0.29) is 33.4 Å². The zero-order chi connectivity index (χ0) is 53.4. The Bertz CT molecular complexity index is 3010. The highest BCUT2D eigenvalue weighted by Gasteiger charge is 2.59. The maximum absolute atomic E-state index is 14.3. The number of hydrogen-bond donors (Lipinski definition) is 0. The summed E-state index contributed by atoms with van der Waals surface area (Å²) in [6.07, 6.45) is -19.5. The summed E-state index contributed by atoms with van der Waals surface area (Å²) in [7, 11) is -3.85. The molecule has 0 aliphatic carbocycles. The molecular weight excluding hydrogens is 1010 g/mol. The normalized spacial score (nSPS) is 23.0. The maximum Gasteiger partial charge on any atom is 0.491 e. The monoisotopic (exact) mass is 1050 g/mol. The molecule has 2 heterocycles. The fourth-order valence-corrected chi connectivity index (χ4v) is 8.40. The maximum atomic E-state index is 14.3. The molecule has 6 aromatic rings. The first-order valence-electron chi connectivity index (χ1n) is 23.3. The Kier molecular flexibility index (Phi) is 18.4. The van der Waals surface area contributed by atoms with Crippen LogP contribution in [0.3, 0.4) is 0 Å². The minimum Gasteiger partial charge on any atom is -0.566 e. The number of azide groups is 1. The van der Waals surface area contributed by atoms with Crippen LogP contribution in [0.2, 0.25) is 0 Å². The van der Waals surface area contributed by atoms with E-state index in [0.29, 0.717) is 0 Å². The Labute approximate surface area is 433 Å². The van der Waals surface area contributed by atoms with Crippen LogP contribution in [0.15, 0.2) is 187 Å². The van der Waals surface area contributed by atoms with Gasteiger partial charge in [-0.1, -0.05) is 114 Å². The van der Waals surface area contributed by atoms with Gasteiger partial charge in [0.1, 0.15) is 24.9 Å². The van der Waals surface area contributed by atoms with Crippen molar-refractivity contribution in [2.75, 3.05) is 13.2 Å². The zero-order valence-electron chi connectivity index (χ0n) is 39.6. The number of nitrogens with zero attached hydrogens (tertiary/aromatic N) is 3. The summed E-state index contributed by atoms with van der Waals surface area (Å²) in [5.41, 5.74) is 9.56. The number of carbonyl (C=O) groups excluding carboxylic acids is 6. The van der Waals surface area contributed by atoms with Gasteiger partial charge in [0, 0.05) is 4.91 Å². The van der Waals surface area contributed by atoms with Crippen LogP contribution >= 0.6 is 8.25 Å². The topological polar surface area (TPSA) is 284 Å². The lowest BCUT2D eigenvalue weighted by molar-refractivity contribution is -0.349. The highest BCUT2D eigenvalue weighted by molar-refractivity contribution is 7.30. The van der Waals surface area contributed by atoms with Gasteiger partial charge in [-0.2, -0.15) is 0 Å². The SMILES string of the molecule is [N-]=[N+]=NC[C@H]1O[C@@H](O[C@H]2[C@H](OC(=O)c3ccccc3)[C@H](OC(=O)c3ccccc3)[C@@H](O[P+](=O)[O-])O[C@@H]2COC(=O)c2ccccc2)[C@H](OC(=O)c2ccccc2)[C@@H](OC(=O)c2ccccc2)[C@H]1OC(=O)c1ccccc1. The summed E-state index contributed by atoms with van der Waals surface area (Å²) in [5.74, 6) is -6.17. The zero-order valence-corrected chi connectivity index (χ0v) is 40.5. The molecule has 2 fully saturated rings. The molecule has 0 N–H and O–H groups in total. The number of carbonyl (C=O) groups is 6. The first-order chi connectivity index (χ1) is 37.0. The predicted octanol–water partition coefficient (Wildman–Crippen LogP) is 7.15. The summed E-state index contributed by atoms with van der Waals surface area (Å²) in [6, 6.07) is 45.2. The molecule has 6 aromatic carbocycles. The lowest BCUT2D eigenvalue weighted by Crippen LogP contribution is -2.67. The summed E-state index contributed by atoms with van der Waals surface area (Å²) in [4.78, 5) is 99.7. The van der Waals surface area contributed by atoms with Gasteiger partial charge >= 0.3 is 44.1 Å². The van der Waals surface area contributed by atoms with Crippen molar-refractivity contribution in [1.82, 2.24) is 0 Å². The van der Waals surface area contributed by atoms with Crippen LogP contribution in [0.5, 0.6) is 0 Å². The van der Waals surface area contributed by atoms with Crippen LogP contribution in [0.4, 0.5) is 0 Å². The Balaban J connectivity index is 1.29. The molecular formula is C54H44N3O18P. The van der Waals surface area contributed by atoms with Crippen molar-refractivity contribution in [2.45, 2.75) is 61.4 Å². The Morgan fingerprint density at radius 2 is 0.763 bits per heavy atom. The molecule has 0 saturated carbocycles. The second-order valence-corrected chi connectivity index (χ2v) is 17.2. The van der Waals surface area contributed by atoms with Crippen LogP contribution in [-0.4, -0.2) is 110 Å². The fourth-order valence-electron chi connectivity index (χ4n) is 8.06. The molecule has 22 heteroatoms. The molecule has 0 aromatic heterocycles. The third kappa shape index (κ3) is 13.7. The number of hydrogen-bond acceptors (Lipinski definition) is 19. The Hall–Kier alpha value is -8.65. The Morgan fingerprint density at radius 3 is 1.13 bits per heavy atom. The quantitative estimate of drug-likeness (QED) is 0.0194. The van der Waals surface area contributed by atoms with E-state index in [9.17, 15) is 43.8 Å². The van der Waals surface area contributed by atoms with E-state index in [0.717, 1.165) is 0 Å². The van der Waals surface area contributed by atoms with Gasteiger partial charge < -0.3 is 47.5 Å². The van der Waals surface area contributed by atoms with Gasteiger partial charge in [0.25, 0.3) is 6.29 Å². The third-order valence-corrected chi connectivity index (χ3v) is 12.0. The average molecular weight is 1050 g/mol. The number of esters is 6. The van der Waals surface area contributed by atoms with Gasteiger partial charge in [-0.3, -0.25) is 0 Å². The summed E-state index contributed by atoms with van der Waals surface area (Å²) in [5, 5.41) is 3.68. The van der Waals surface area contributed by atoms with E-state index < -0.39 is 119 Å². The fraction of sp³-hybridized carbons (Fsp3) is 0.222. The molecule has 8 rings (SSSR count). The van der Waals surface area contributed by atoms with Gasteiger partial charge in [0.05, 0.1) is 39.9 Å². The molecule has 21 nitrogen and oxygen atoms in total. The van der Waals surface area contributed by atoms with Crippen molar-refractivity contribution in [3.63, 3.8) is 0 Å². The summed E-state index contributed by atoms with van der Waals surface area (Å²) >= 11 is 0.